The Morgan fingerprint density at radius 1 is 1.43 bits per heavy atom. The van der Waals surface area contributed by atoms with E-state index in [9.17, 15) is 14.4 Å². The molecule has 120 valence electrons. The fraction of sp³-hybridized carbons (Fsp3) is 0.769. The molecule has 0 bridgehead atoms. The van der Waals surface area contributed by atoms with Crippen LogP contribution in [0.2, 0.25) is 0 Å². The molecule has 21 heavy (non-hydrogen) atoms. The van der Waals surface area contributed by atoms with Gasteiger partial charge in [0.25, 0.3) is 0 Å². The molecule has 0 spiro atoms. The fourth-order valence-corrected chi connectivity index (χ4v) is 3.18. The first-order valence-electron chi connectivity index (χ1n) is 6.80. The van der Waals surface area contributed by atoms with Crippen molar-refractivity contribution in [2.45, 2.75) is 32.4 Å². The van der Waals surface area contributed by atoms with Crippen LogP contribution in [0.3, 0.4) is 0 Å². The molecule has 1 heterocycles. The molecule has 0 aromatic rings. The van der Waals surface area contributed by atoms with Crippen molar-refractivity contribution in [1.29, 1.82) is 0 Å². The van der Waals surface area contributed by atoms with Gasteiger partial charge in [-0.25, -0.2) is 4.79 Å². The Bertz CT molecular complexity index is 402. The summed E-state index contributed by atoms with van der Waals surface area (Å²) in [7, 11) is 1.27. The second-order valence-corrected chi connectivity index (χ2v) is 6.25. The number of urea groups is 1. The molecule has 0 radical (unpaired) electrons. The van der Waals surface area contributed by atoms with Crippen molar-refractivity contribution in [2.24, 2.45) is 0 Å². The number of hydrogen-bond donors (Lipinski definition) is 1. The molecule has 0 aromatic heterocycles. The molecule has 0 saturated carbocycles. The minimum Gasteiger partial charge on any atom is -0.481 e. The van der Waals surface area contributed by atoms with Gasteiger partial charge in [0.2, 0.25) is 0 Å². The van der Waals surface area contributed by atoms with Crippen LogP contribution in [0, 0.1) is 0 Å². The molecule has 1 unspecified atom stereocenters. The van der Waals surface area contributed by atoms with Gasteiger partial charge in [0.15, 0.2) is 0 Å². The summed E-state index contributed by atoms with van der Waals surface area (Å²) in [5.41, 5.74) is 0. The number of esters is 1. The molecule has 7 nitrogen and oxygen atoms in total. The van der Waals surface area contributed by atoms with Crippen molar-refractivity contribution >= 4 is 29.7 Å². The number of amides is 2. The summed E-state index contributed by atoms with van der Waals surface area (Å²) in [5.74, 6) is -0.0450. The molecule has 1 aliphatic heterocycles. The van der Waals surface area contributed by atoms with Crippen molar-refractivity contribution in [1.82, 2.24) is 9.80 Å². The van der Waals surface area contributed by atoms with Crippen LogP contribution >= 0.6 is 11.8 Å². The highest BCUT2D eigenvalue weighted by molar-refractivity contribution is 7.99. The molecule has 2 amide bonds. The molecule has 0 aliphatic carbocycles. The summed E-state index contributed by atoms with van der Waals surface area (Å²) >= 11 is 1.64. The number of thioether (sulfide) groups is 1. The molecular formula is C13H22N2O5S. The summed E-state index contributed by atoms with van der Waals surface area (Å²) in [6, 6.07) is -0.814. The Morgan fingerprint density at radius 2 is 2.10 bits per heavy atom. The van der Waals surface area contributed by atoms with Crippen molar-refractivity contribution in [3.05, 3.63) is 0 Å². The lowest BCUT2D eigenvalue weighted by Crippen LogP contribution is -2.55. The van der Waals surface area contributed by atoms with Crippen molar-refractivity contribution < 1.29 is 24.2 Å². The van der Waals surface area contributed by atoms with E-state index in [1.54, 1.807) is 16.7 Å². The van der Waals surface area contributed by atoms with Gasteiger partial charge in [0.05, 0.1) is 19.6 Å². The fourth-order valence-electron chi connectivity index (χ4n) is 2.12. The van der Waals surface area contributed by atoms with E-state index in [2.05, 4.69) is 4.74 Å². The van der Waals surface area contributed by atoms with E-state index < -0.39 is 11.9 Å². The lowest BCUT2D eigenvalue weighted by Gasteiger charge is -2.39. The monoisotopic (exact) mass is 318 g/mol. The lowest BCUT2D eigenvalue weighted by molar-refractivity contribution is -0.142. The van der Waals surface area contributed by atoms with Gasteiger partial charge in [-0.15, -0.1) is 0 Å². The van der Waals surface area contributed by atoms with E-state index in [1.165, 1.54) is 12.0 Å². The molecule has 1 rings (SSSR count). The van der Waals surface area contributed by atoms with Crippen molar-refractivity contribution in [2.75, 3.05) is 31.7 Å². The predicted molar refractivity (Wildman–Crippen MR) is 79.3 cm³/mol. The van der Waals surface area contributed by atoms with Gasteiger partial charge in [-0.05, 0) is 13.8 Å². The van der Waals surface area contributed by atoms with E-state index in [0.29, 0.717) is 12.3 Å². The summed E-state index contributed by atoms with van der Waals surface area (Å²) < 4.78 is 4.61. The highest BCUT2D eigenvalue weighted by atomic mass is 32.2. The number of hydrogen-bond acceptors (Lipinski definition) is 5. The average molecular weight is 318 g/mol. The Labute approximate surface area is 128 Å². The Morgan fingerprint density at radius 3 is 2.62 bits per heavy atom. The maximum Gasteiger partial charge on any atom is 0.325 e. The topological polar surface area (TPSA) is 87.2 Å². The minimum absolute atomic E-state index is 0.0805. The van der Waals surface area contributed by atoms with Crippen LogP contribution in [0.15, 0.2) is 0 Å². The van der Waals surface area contributed by atoms with E-state index in [1.807, 2.05) is 13.8 Å². The summed E-state index contributed by atoms with van der Waals surface area (Å²) in [6.45, 7) is 3.99. The molecule has 0 aromatic carbocycles. The molecule has 8 heteroatoms. The third-order valence-corrected chi connectivity index (χ3v) is 4.37. The van der Waals surface area contributed by atoms with Gasteiger partial charge in [0, 0.05) is 24.1 Å². The largest absolute Gasteiger partial charge is 0.481 e. The normalized spacial score (nSPS) is 18.5. The van der Waals surface area contributed by atoms with E-state index in [-0.39, 0.29) is 31.1 Å². The average Bonchev–Trinajstić information content (AvgIpc) is 2.43. The van der Waals surface area contributed by atoms with Crippen LogP contribution in [0.5, 0.6) is 0 Å². The highest BCUT2D eigenvalue weighted by Gasteiger charge is 2.33. The van der Waals surface area contributed by atoms with Crippen LogP contribution in [-0.2, 0) is 14.3 Å². The number of carbonyl (C=O) groups is 3. The molecule has 1 aliphatic rings. The number of carboxylic acid groups (broad SMARTS) is 1. The van der Waals surface area contributed by atoms with Crippen LogP contribution in [0.1, 0.15) is 20.3 Å². The maximum atomic E-state index is 12.6. The minimum atomic E-state index is -0.927. The smallest absolute Gasteiger partial charge is 0.325 e. The number of ether oxygens (including phenoxy) is 1. The first-order chi connectivity index (χ1) is 9.86. The first-order valence-corrected chi connectivity index (χ1v) is 7.95. The number of rotatable bonds is 5. The van der Waals surface area contributed by atoms with Gasteiger partial charge >= 0.3 is 18.0 Å². The molecule has 1 atom stereocenters. The Balaban J connectivity index is 2.83. The molecule has 1 saturated heterocycles. The van der Waals surface area contributed by atoms with E-state index in [4.69, 9.17) is 5.11 Å². The molecular weight excluding hydrogens is 296 g/mol. The van der Waals surface area contributed by atoms with E-state index >= 15 is 0 Å². The Hall–Kier alpha value is -1.44. The number of carbonyl (C=O) groups excluding carboxylic acids is 2. The van der Waals surface area contributed by atoms with Crippen molar-refractivity contribution in [3.8, 4) is 0 Å². The van der Waals surface area contributed by atoms with Gasteiger partial charge < -0.3 is 19.6 Å². The second kappa shape index (κ2) is 8.11. The van der Waals surface area contributed by atoms with Crippen LogP contribution in [-0.4, -0.2) is 76.7 Å². The zero-order valence-electron chi connectivity index (χ0n) is 12.6. The third kappa shape index (κ3) is 5.11. The number of aliphatic carboxylic acids is 1. The summed E-state index contributed by atoms with van der Waals surface area (Å²) in [4.78, 5) is 38.0. The number of methoxy groups -OCH3 is 1. The maximum absolute atomic E-state index is 12.6. The first kappa shape index (κ1) is 17.6. The second-order valence-electron chi connectivity index (χ2n) is 5.10. The zero-order chi connectivity index (χ0) is 16.0. The van der Waals surface area contributed by atoms with Crippen molar-refractivity contribution in [3.63, 3.8) is 0 Å². The highest BCUT2D eigenvalue weighted by Crippen LogP contribution is 2.21. The molecule has 1 fully saturated rings. The third-order valence-electron chi connectivity index (χ3n) is 3.28. The van der Waals surface area contributed by atoms with Gasteiger partial charge in [0.1, 0.15) is 6.54 Å². The number of carboxylic acids is 1. The van der Waals surface area contributed by atoms with Gasteiger partial charge in [-0.2, -0.15) is 11.8 Å². The van der Waals surface area contributed by atoms with Crippen LogP contribution in [0.4, 0.5) is 4.79 Å². The van der Waals surface area contributed by atoms with Gasteiger partial charge in [-0.1, -0.05) is 0 Å². The van der Waals surface area contributed by atoms with Crippen LogP contribution in [0.25, 0.3) is 0 Å². The van der Waals surface area contributed by atoms with Crippen LogP contribution < -0.4 is 0 Å². The van der Waals surface area contributed by atoms with E-state index in [0.717, 1.165) is 5.75 Å². The quantitative estimate of drug-likeness (QED) is 0.757. The van der Waals surface area contributed by atoms with Gasteiger partial charge in [-0.3, -0.25) is 9.59 Å². The summed E-state index contributed by atoms with van der Waals surface area (Å²) in [6.07, 6.45) is -0.0805. The Kier molecular flexibility index (Phi) is 6.80. The number of nitrogens with zero attached hydrogens (tertiary/aromatic N) is 2. The lowest BCUT2D eigenvalue weighted by atomic mass is 10.2. The predicted octanol–water partition coefficient (Wildman–Crippen LogP) is 0.882. The SMILES string of the molecule is COC(=O)CN(C(=O)N1CCSCC1CC(=O)O)C(C)C. The standard InChI is InChI=1S/C13H22N2O5S/c1-9(2)15(7-12(18)20-3)13(19)14-4-5-21-8-10(14)6-11(16)17/h9-10H,4-8H2,1-3H3,(H,16,17). The summed E-state index contributed by atoms with van der Waals surface area (Å²) in [5, 5.41) is 8.96. The zero-order valence-corrected chi connectivity index (χ0v) is 13.4. The molecule has 1 N–H and O–H groups in total.